The highest BCUT2D eigenvalue weighted by atomic mass is 16.5. The lowest BCUT2D eigenvalue weighted by molar-refractivity contribution is -0.149. The number of aliphatic carboxylic acids is 1. The number of hydrogen-bond acceptors (Lipinski definition) is 5. The number of ether oxygens (including phenoxy) is 1. The molecule has 0 fully saturated rings. The molecule has 6 heteroatoms. The molecule has 0 saturated carbocycles. The fourth-order valence-corrected chi connectivity index (χ4v) is 0.805. The van der Waals surface area contributed by atoms with Crippen LogP contribution in [0.25, 0.3) is 0 Å². The van der Waals surface area contributed by atoms with E-state index in [0.717, 1.165) is 0 Å². The second kappa shape index (κ2) is 10.0. The van der Waals surface area contributed by atoms with Crippen LogP contribution in [0.15, 0.2) is 0 Å². The summed E-state index contributed by atoms with van der Waals surface area (Å²) < 4.78 is 4.76. The van der Waals surface area contributed by atoms with Crippen LogP contribution in [0.5, 0.6) is 0 Å². The Kier molecular flexibility index (Phi) is 10.8. The molecule has 0 heterocycles. The number of carboxylic acid groups (broad SMARTS) is 1. The maximum absolute atomic E-state index is 10.7. The van der Waals surface area contributed by atoms with Crippen molar-refractivity contribution < 1.29 is 29.6 Å². The van der Waals surface area contributed by atoms with Crippen molar-refractivity contribution in [1.29, 1.82) is 0 Å². The zero-order valence-corrected chi connectivity index (χ0v) is 10.7. The molecular formula is C11H22O6. The van der Waals surface area contributed by atoms with Crippen molar-refractivity contribution in [2.24, 2.45) is 0 Å². The standard InChI is InChI=1S/C7H14O3.C4H8O3/c1-5(2)10-7(9)4-6(3)8;1-3(5)2-4(6)7/h5-6,8H,4H2,1-3H3;3,5H,2H2,1H3,(H,6,7)/t6-;3-/m00/s1. The average molecular weight is 250 g/mol. The first-order valence-corrected chi connectivity index (χ1v) is 5.42. The van der Waals surface area contributed by atoms with Crippen molar-refractivity contribution in [2.75, 3.05) is 0 Å². The maximum Gasteiger partial charge on any atom is 0.308 e. The van der Waals surface area contributed by atoms with Gasteiger partial charge in [-0.1, -0.05) is 0 Å². The Hall–Kier alpha value is -1.14. The van der Waals surface area contributed by atoms with Crippen LogP contribution in [0.1, 0.15) is 40.5 Å². The minimum absolute atomic E-state index is 0.0815. The molecule has 0 amide bonds. The molecule has 3 N–H and O–H groups in total. The first-order chi connectivity index (χ1) is 7.65. The van der Waals surface area contributed by atoms with E-state index >= 15 is 0 Å². The molecule has 102 valence electrons. The van der Waals surface area contributed by atoms with Gasteiger partial charge in [-0.05, 0) is 27.7 Å². The van der Waals surface area contributed by atoms with E-state index in [2.05, 4.69) is 0 Å². The minimum Gasteiger partial charge on any atom is -0.481 e. The minimum atomic E-state index is -0.963. The number of carbonyl (C=O) groups excluding carboxylic acids is 1. The quantitative estimate of drug-likeness (QED) is 0.615. The summed E-state index contributed by atoms with van der Waals surface area (Å²) in [5, 5.41) is 25.0. The van der Waals surface area contributed by atoms with Gasteiger partial charge in [0.25, 0.3) is 0 Å². The van der Waals surface area contributed by atoms with Crippen molar-refractivity contribution in [1.82, 2.24) is 0 Å². The van der Waals surface area contributed by atoms with Gasteiger partial charge in [0.2, 0.25) is 0 Å². The van der Waals surface area contributed by atoms with E-state index in [1.54, 1.807) is 20.8 Å². The molecule has 0 spiro atoms. The van der Waals surface area contributed by atoms with Gasteiger partial charge in [-0.25, -0.2) is 0 Å². The van der Waals surface area contributed by atoms with Crippen molar-refractivity contribution in [2.45, 2.75) is 58.8 Å². The van der Waals surface area contributed by atoms with E-state index in [-0.39, 0.29) is 24.9 Å². The third-order valence-corrected chi connectivity index (χ3v) is 1.30. The fourth-order valence-electron chi connectivity index (χ4n) is 0.805. The molecular weight excluding hydrogens is 228 g/mol. The number of hydrogen-bond donors (Lipinski definition) is 3. The highest BCUT2D eigenvalue weighted by Gasteiger charge is 2.07. The normalized spacial score (nSPS) is 13.4. The third kappa shape index (κ3) is 20.8. The second-order valence-electron chi connectivity index (χ2n) is 4.04. The van der Waals surface area contributed by atoms with Crippen LogP contribution in [0.3, 0.4) is 0 Å². The van der Waals surface area contributed by atoms with Gasteiger partial charge in [0.1, 0.15) is 0 Å². The molecule has 0 bridgehead atoms. The topological polar surface area (TPSA) is 104 Å². The van der Waals surface area contributed by atoms with Gasteiger partial charge in [0.05, 0.1) is 31.2 Å². The van der Waals surface area contributed by atoms with E-state index in [1.807, 2.05) is 0 Å². The Balaban J connectivity index is 0. The maximum atomic E-state index is 10.7. The van der Waals surface area contributed by atoms with E-state index < -0.39 is 18.2 Å². The summed E-state index contributed by atoms with van der Waals surface area (Å²) in [7, 11) is 0. The number of aliphatic hydroxyl groups excluding tert-OH is 2. The Bertz CT molecular complexity index is 210. The Morgan fingerprint density at radius 3 is 1.59 bits per heavy atom. The molecule has 0 unspecified atom stereocenters. The predicted octanol–water partition coefficient (Wildman–Crippen LogP) is 0.551. The van der Waals surface area contributed by atoms with E-state index in [1.165, 1.54) is 6.92 Å². The molecule has 0 saturated heterocycles. The van der Waals surface area contributed by atoms with E-state index in [4.69, 9.17) is 20.1 Å². The molecule has 2 atom stereocenters. The number of aliphatic hydroxyl groups is 2. The molecule has 17 heavy (non-hydrogen) atoms. The van der Waals surface area contributed by atoms with Crippen molar-refractivity contribution in [3.8, 4) is 0 Å². The van der Waals surface area contributed by atoms with Crippen molar-refractivity contribution in [3.63, 3.8) is 0 Å². The Morgan fingerprint density at radius 2 is 1.41 bits per heavy atom. The molecule has 0 aromatic heterocycles. The van der Waals surface area contributed by atoms with E-state index in [9.17, 15) is 9.59 Å². The molecule has 0 aromatic rings. The summed E-state index contributed by atoms with van der Waals surface area (Å²) in [6.07, 6.45) is -1.51. The number of carboxylic acids is 1. The first kappa shape index (κ1) is 18.2. The number of esters is 1. The average Bonchev–Trinajstić information content (AvgIpc) is 1.97. The highest BCUT2D eigenvalue weighted by Crippen LogP contribution is 1.96. The van der Waals surface area contributed by atoms with Crippen molar-refractivity contribution in [3.05, 3.63) is 0 Å². The lowest BCUT2D eigenvalue weighted by Crippen LogP contribution is -2.16. The largest absolute Gasteiger partial charge is 0.481 e. The Morgan fingerprint density at radius 1 is 1.00 bits per heavy atom. The zero-order valence-electron chi connectivity index (χ0n) is 10.7. The Labute approximate surface area is 101 Å². The van der Waals surface area contributed by atoms with Gasteiger partial charge in [-0.2, -0.15) is 0 Å². The lowest BCUT2D eigenvalue weighted by Gasteiger charge is -2.08. The van der Waals surface area contributed by atoms with Gasteiger partial charge in [-0.15, -0.1) is 0 Å². The van der Waals surface area contributed by atoms with Crippen LogP contribution in [-0.2, 0) is 14.3 Å². The molecule has 0 aromatic carbocycles. The molecule has 0 rings (SSSR count). The number of rotatable bonds is 5. The fraction of sp³-hybridized carbons (Fsp3) is 0.818. The van der Waals surface area contributed by atoms with Crippen LogP contribution in [0.4, 0.5) is 0 Å². The number of carbonyl (C=O) groups is 2. The van der Waals surface area contributed by atoms with Crippen LogP contribution in [0.2, 0.25) is 0 Å². The zero-order chi connectivity index (χ0) is 14.0. The molecule has 6 nitrogen and oxygen atoms in total. The van der Waals surface area contributed by atoms with Gasteiger partial charge in [0.15, 0.2) is 0 Å². The van der Waals surface area contributed by atoms with Crippen LogP contribution in [0, 0.1) is 0 Å². The van der Waals surface area contributed by atoms with Gasteiger partial charge in [-0.3, -0.25) is 9.59 Å². The van der Waals surface area contributed by atoms with E-state index in [0.29, 0.717) is 0 Å². The van der Waals surface area contributed by atoms with Crippen LogP contribution < -0.4 is 0 Å². The lowest BCUT2D eigenvalue weighted by atomic mass is 10.3. The van der Waals surface area contributed by atoms with Gasteiger partial charge >= 0.3 is 11.9 Å². The molecule has 0 aliphatic rings. The van der Waals surface area contributed by atoms with Gasteiger partial charge in [0, 0.05) is 0 Å². The van der Waals surface area contributed by atoms with Crippen LogP contribution >= 0.6 is 0 Å². The summed E-state index contributed by atoms with van der Waals surface area (Å²) in [6.45, 7) is 6.55. The summed E-state index contributed by atoms with van der Waals surface area (Å²) >= 11 is 0. The van der Waals surface area contributed by atoms with Crippen molar-refractivity contribution >= 4 is 11.9 Å². The predicted molar refractivity (Wildman–Crippen MR) is 61.5 cm³/mol. The summed E-state index contributed by atoms with van der Waals surface area (Å²) in [5.74, 6) is -1.31. The smallest absolute Gasteiger partial charge is 0.308 e. The molecule has 0 aliphatic heterocycles. The summed E-state index contributed by atoms with van der Waals surface area (Å²) in [4.78, 5) is 20.3. The molecule has 0 aliphatic carbocycles. The summed E-state index contributed by atoms with van der Waals surface area (Å²) in [5.41, 5.74) is 0. The third-order valence-electron chi connectivity index (χ3n) is 1.30. The monoisotopic (exact) mass is 250 g/mol. The summed E-state index contributed by atoms with van der Waals surface area (Å²) in [6, 6.07) is 0. The molecule has 0 radical (unpaired) electrons. The second-order valence-corrected chi connectivity index (χ2v) is 4.04. The SMILES string of the molecule is CC(C)OC(=O)C[C@H](C)O.C[C@H](O)CC(=O)O. The van der Waals surface area contributed by atoms with Gasteiger partial charge < -0.3 is 20.1 Å². The first-order valence-electron chi connectivity index (χ1n) is 5.42. The van der Waals surface area contributed by atoms with Crippen LogP contribution in [-0.4, -0.2) is 45.6 Å². The highest BCUT2D eigenvalue weighted by molar-refractivity contribution is 5.70.